The van der Waals surface area contributed by atoms with E-state index in [1.165, 1.54) is 9.55 Å². The number of rotatable bonds is 4. The third kappa shape index (κ3) is 3.58. The smallest absolute Gasteiger partial charge is 0.268 e. The number of likely N-dealkylation sites (N-methyl/N-ethyl adjacent to an activating group) is 1. The molecule has 5 nitrogen and oxygen atoms in total. The fourth-order valence-corrected chi connectivity index (χ4v) is 5.48. The molecule has 4 aromatic rings. The third-order valence-corrected chi connectivity index (χ3v) is 7.51. The number of benzene rings is 2. The van der Waals surface area contributed by atoms with E-state index < -0.39 is 10.0 Å². The second kappa shape index (κ2) is 7.80. The molecule has 0 spiro atoms. The van der Waals surface area contributed by atoms with Crippen LogP contribution in [0.3, 0.4) is 0 Å². The lowest BCUT2D eigenvalue weighted by Crippen LogP contribution is -2.23. The Hall–Kier alpha value is -3.22. The summed E-state index contributed by atoms with van der Waals surface area (Å²) in [6, 6.07) is 18.5. The van der Waals surface area contributed by atoms with Crippen LogP contribution in [-0.4, -0.2) is 42.4 Å². The molecule has 156 valence electrons. The summed E-state index contributed by atoms with van der Waals surface area (Å²) in [7, 11) is -1.61. The van der Waals surface area contributed by atoms with E-state index in [0.717, 1.165) is 41.6 Å². The zero-order valence-electron chi connectivity index (χ0n) is 17.3. The largest absolute Gasteiger partial charge is 0.302 e. The van der Waals surface area contributed by atoms with Crippen LogP contribution in [0.5, 0.6) is 0 Å². The lowest BCUT2D eigenvalue weighted by Gasteiger charge is -2.21. The van der Waals surface area contributed by atoms with Crippen LogP contribution in [0.25, 0.3) is 27.6 Å². The molecule has 1 aliphatic rings. The van der Waals surface area contributed by atoms with Crippen molar-refractivity contribution in [2.75, 3.05) is 20.1 Å². The highest BCUT2D eigenvalue weighted by atomic mass is 32.2. The van der Waals surface area contributed by atoms with E-state index in [9.17, 15) is 8.42 Å². The minimum absolute atomic E-state index is 0.284. The van der Waals surface area contributed by atoms with Gasteiger partial charge < -0.3 is 4.90 Å². The average molecular weight is 430 g/mol. The molecule has 0 fully saturated rings. The van der Waals surface area contributed by atoms with Crippen molar-refractivity contribution < 1.29 is 8.42 Å². The summed E-state index contributed by atoms with van der Waals surface area (Å²) in [5, 5.41) is 0.941. The van der Waals surface area contributed by atoms with Gasteiger partial charge in [0.2, 0.25) is 0 Å². The molecular weight excluding hydrogens is 406 g/mol. The SMILES string of the molecule is CN1CC=C(c2cn(S(=O)(=O)c3ccccc3)c3ccc(-c4cccnc4)cc23)CC1. The van der Waals surface area contributed by atoms with E-state index in [-0.39, 0.29) is 4.90 Å². The Labute approximate surface area is 182 Å². The van der Waals surface area contributed by atoms with Gasteiger partial charge in [0.15, 0.2) is 0 Å². The van der Waals surface area contributed by atoms with Crippen molar-refractivity contribution in [3.8, 4) is 11.1 Å². The highest BCUT2D eigenvalue weighted by Gasteiger charge is 2.23. The van der Waals surface area contributed by atoms with Crippen molar-refractivity contribution in [1.82, 2.24) is 13.9 Å². The summed E-state index contributed by atoms with van der Waals surface area (Å²) in [6.07, 6.45) is 8.46. The van der Waals surface area contributed by atoms with Crippen molar-refractivity contribution in [3.05, 3.63) is 90.9 Å². The standard InChI is InChI=1S/C25H23N3O2S/c1-27-14-11-19(12-15-27)24-18-28(31(29,30)22-7-3-2-4-8-22)25-10-9-20(16-23(24)25)21-6-5-13-26-17-21/h2-11,13,16-18H,12,14-15H2,1H3. The molecular formula is C25H23N3O2S. The fraction of sp³-hybridized carbons (Fsp3) is 0.160. The Morgan fingerprint density at radius 1 is 0.968 bits per heavy atom. The normalized spacial score (nSPS) is 15.2. The average Bonchev–Trinajstić information content (AvgIpc) is 3.20. The molecule has 0 bridgehead atoms. The number of fused-ring (bicyclic) bond motifs is 1. The van der Waals surface area contributed by atoms with Gasteiger partial charge in [0, 0.05) is 48.2 Å². The molecule has 0 saturated carbocycles. The predicted octanol–water partition coefficient (Wildman–Crippen LogP) is 4.66. The molecule has 5 rings (SSSR count). The number of nitrogens with zero attached hydrogens (tertiary/aromatic N) is 3. The van der Waals surface area contributed by atoms with Gasteiger partial charge in [-0.2, -0.15) is 0 Å². The van der Waals surface area contributed by atoms with E-state index in [4.69, 9.17) is 0 Å². The van der Waals surface area contributed by atoms with Crippen molar-refractivity contribution in [2.45, 2.75) is 11.3 Å². The molecule has 2 aromatic heterocycles. The van der Waals surface area contributed by atoms with Crippen molar-refractivity contribution in [1.29, 1.82) is 0 Å². The molecule has 6 heteroatoms. The van der Waals surface area contributed by atoms with Crippen molar-refractivity contribution >= 4 is 26.5 Å². The summed E-state index contributed by atoms with van der Waals surface area (Å²) in [5.74, 6) is 0. The van der Waals surface area contributed by atoms with Gasteiger partial charge in [0.05, 0.1) is 10.4 Å². The van der Waals surface area contributed by atoms with Crippen LogP contribution >= 0.6 is 0 Å². The summed E-state index contributed by atoms with van der Waals surface area (Å²) >= 11 is 0. The highest BCUT2D eigenvalue weighted by molar-refractivity contribution is 7.90. The molecule has 2 aromatic carbocycles. The zero-order valence-corrected chi connectivity index (χ0v) is 18.1. The van der Waals surface area contributed by atoms with Crippen molar-refractivity contribution in [3.63, 3.8) is 0 Å². The van der Waals surface area contributed by atoms with Crippen LogP contribution in [0.1, 0.15) is 12.0 Å². The van der Waals surface area contributed by atoms with Crippen LogP contribution in [0.15, 0.2) is 90.2 Å². The van der Waals surface area contributed by atoms with Gasteiger partial charge in [0.1, 0.15) is 0 Å². The van der Waals surface area contributed by atoms with Gasteiger partial charge in [-0.05, 0) is 54.9 Å². The molecule has 0 saturated heterocycles. The maximum absolute atomic E-state index is 13.5. The molecule has 0 aliphatic carbocycles. The number of hydrogen-bond acceptors (Lipinski definition) is 4. The topological polar surface area (TPSA) is 55.2 Å². The highest BCUT2D eigenvalue weighted by Crippen LogP contribution is 2.35. The Kier molecular flexibility index (Phi) is 4.96. The van der Waals surface area contributed by atoms with E-state index in [1.54, 1.807) is 36.7 Å². The molecule has 0 unspecified atom stereocenters. The first-order chi connectivity index (χ1) is 15.0. The lowest BCUT2D eigenvalue weighted by atomic mass is 9.97. The molecule has 0 radical (unpaired) electrons. The lowest BCUT2D eigenvalue weighted by molar-refractivity contribution is 0.370. The Morgan fingerprint density at radius 2 is 1.81 bits per heavy atom. The molecule has 31 heavy (non-hydrogen) atoms. The molecule has 3 heterocycles. The predicted molar refractivity (Wildman–Crippen MR) is 124 cm³/mol. The van der Waals surface area contributed by atoms with E-state index in [1.807, 2.05) is 36.5 Å². The van der Waals surface area contributed by atoms with Gasteiger partial charge in [-0.1, -0.05) is 36.4 Å². The molecule has 0 atom stereocenters. The quantitative estimate of drug-likeness (QED) is 0.474. The van der Waals surface area contributed by atoms with E-state index >= 15 is 0 Å². The maximum Gasteiger partial charge on any atom is 0.268 e. The first-order valence-electron chi connectivity index (χ1n) is 10.3. The van der Waals surface area contributed by atoms with Crippen LogP contribution in [0.4, 0.5) is 0 Å². The summed E-state index contributed by atoms with van der Waals surface area (Å²) in [4.78, 5) is 6.77. The van der Waals surface area contributed by atoms with Crippen LogP contribution in [-0.2, 0) is 10.0 Å². The van der Waals surface area contributed by atoms with Crippen LogP contribution in [0.2, 0.25) is 0 Å². The van der Waals surface area contributed by atoms with E-state index in [0.29, 0.717) is 5.52 Å². The summed E-state index contributed by atoms with van der Waals surface area (Å²) in [6.45, 7) is 1.81. The van der Waals surface area contributed by atoms with Crippen LogP contribution in [0, 0.1) is 0 Å². The maximum atomic E-state index is 13.5. The molecule has 0 amide bonds. The Balaban J connectivity index is 1.74. The fourth-order valence-electron chi connectivity index (χ4n) is 4.09. The van der Waals surface area contributed by atoms with Crippen LogP contribution < -0.4 is 0 Å². The van der Waals surface area contributed by atoms with Gasteiger partial charge in [0.25, 0.3) is 10.0 Å². The van der Waals surface area contributed by atoms with E-state index in [2.05, 4.69) is 29.1 Å². The number of pyridine rings is 1. The summed E-state index contributed by atoms with van der Waals surface area (Å²) < 4.78 is 28.4. The minimum Gasteiger partial charge on any atom is -0.302 e. The first kappa shape index (κ1) is 19.7. The number of aromatic nitrogens is 2. The van der Waals surface area contributed by atoms with Crippen molar-refractivity contribution in [2.24, 2.45) is 0 Å². The van der Waals surface area contributed by atoms with Gasteiger partial charge in [-0.25, -0.2) is 12.4 Å². The first-order valence-corrected chi connectivity index (χ1v) is 11.7. The molecule has 0 N–H and O–H groups in total. The minimum atomic E-state index is -3.70. The zero-order chi connectivity index (χ0) is 21.4. The third-order valence-electron chi connectivity index (χ3n) is 5.82. The Morgan fingerprint density at radius 3 is 2.52 bits per heavy atom. The van der Waals surface area contributed by atoms with Gasteiger partial charge >= 0.3 is 0 Å². The summed E-state index contributed by atoms with van der Waals surface area (Å²) in [5.41, 5.74) is 4.88. The van der Waals surface area contributed by atoms with Gasteiger partial charge in [-0.3, -0.25) is 4.98 Å². The molecule has 1 aliphatic heterocycles. The Bertz CT molecular complexity index is 1370. The van der Waals surface area contributed by atoms with Gasteiger partial charge in [-0.15, -0.1) is 0 Å². The monoisotopic (exact) mass is 429 g/mol. The second-order valence-electron chi connectivity index (χ2n) is 7.87. The second-order valence-corrected chi connectivity index (χ2v) is 9.69. The number of hydrogen-bond donors (Lipinski definition) is 0.